The van der Waals surface area contributed by atoms with Gasteiger partial charge in [-0.2, -0.15) is 0 Å². The van der Waals surface area contributed by atoms with E-state index >= 15 is 0 Å². The zero-order chi connectivity index (χ0) is 7.72. The van der Waals surface area contributed by atoms with Crippen LogP contribution in [0.15, 0.2) is 14.5 Å². The first-order chi connectivity index (χ1) is 4.68. The van der Waals surface area contributed by atoms with Crippen molar-refractivity contribution in [1.82, 2.24) is 0 Å². The Morgan fingerprint density at radius 3 is 2.40 bits per heavy atom. The standard InChI is InChI=1S/C6H5ClO2S/c1-2-10-6-3(7)4(8)5(6)9/h2H2,1H3. The van der Waals surface area contributed by atoms with Gasteiger partial charge in [-0.05, 0) is 5.75 Å². The largest absolute Gasteiger partial charge is 0.284 e. The normalized spacial score (nSPS) is 10.6. The van der Waals surface area contributed by atoms with Crippen molar-refractivity contribution in [2.45, 2.75) is 11.8 Å². The molecule has 10 heavy (non-hydrogen) atoms. The number of thioether (sulfide) groups is 1. The van der Waals surface area contributed by atoms with Crippen molar-refractivity contribution in [3.8, 4) is 0 Å². The fourth-order valence-electron chi connectivity index (χ4n) is 0.616. The number of halogens is 1. The van der Waals surface area contributed by atoms with Gasteiger partial charge in [-0.1, -0.05) is 18.5 Å². The van der Waals surface area contributed by atoms with Crippen LogP contribution in [0.5, 0.6) is 0 Å². The zero-order valence-corrected chi connectivity index (χ0v) is 6.88. The van der Waals surface area contributed by atoms with Crippen LogP contribution < -0.4 is 10.9 Å². The van der Waals surface area contributed by atoms with Crippen LogP contribution in [0.3, 0.4) is 0 Å². The minimum atomic E-state index is -0.544. The molecule has 0 aliphatic carbocycles. The van der Waals surface area contributed by atoms with Crippen molar-refractivity contribution >= 4 is 23.4 Å². The van der Waals surface area contributed by atoms with Gasteiger partial charge in [-0.25, -0.2) is 0 Å². The van der Waals surface area contributed by atoms with Crippen molar-refractivity contribution in [3.05, 3.63) is 25.5 Å². The van der Waals surface area contributed by atoms with Gasteiger partial charge in [0.25, 0.3) is 0 Å². The maximum absolute atomic E-state index is 10.6. The Morgan fingerprint density at radius 1 is 1.40 bits per heavy atom. The second kappa shape index (κ2) is 2.76. The molecule has 1 rings (SSSR count). The minimum Gasteiger partial charge on any atom is -0.284 e. The summed E-state index contributed by atoms with van der Waals surface area (Å²) in [6, 6.07) is 0. The molecule has 54 valence electrons. The van der Waals surface area contributed by atoms with E-state index < -0.39 is 10.9 Å². The molecular weight excluding hydrogens is 172 g/mol. The predicted octanol–water partition coefficient (Wildman–Crippen LogP) is 1.05. The molecule has 0 amide bonds. The molecule has 0 spiro atoms. The average Bonchev–Trinajstić information content (AvgIpc) is 1.98. The molecule has 0 atom stereocenters. The highest BCUT2D eigenvalue weighted by molar-refractivity contribution is 7.99. The van der Waals surface area contributed by atoms with Crippen LogP contribution in [0.25, 0.3) is 0 Å². The highest BCUT2D eigenvalue weighted by Crippen LogP contribution is 2.20. The molecule has 1 aromatic rings. The fraction of sp³-hybridized carbons (Fsp3) is 0.333. The van der Waals surface area contributed by atoms with Crippen molar-refractivity contribution < 1.29 is 0 Å². The molecule has 4 heteroatoms. The molecular formula is C6H5ClO2S. The first-order valence-electron chi connectivity index (χ1n) is 2.80. The Kier molecular flexibility index (Phi) is 2.16. The van der Waals surface area contributed by atoms with Gasteiger partial charge in [-0.15, -0.1) is 11.8 Å². The maximum Gasteiger partial charge on any atom is 0.246 e. The zero-order valence-electron chi connectivity index (χ0n) is 5.31. The Hall–Kier alpha value is -0.280. The van der Waals surface area contributed by atoms with Gasteiger partial charge < -0.3 is 0 Å². The van der Waals surface area contributed by atoms with Crippen molar-refractivity contribution in [2.24, 2.45) is 0 Å². The average molecular weight is 177 g/mol. The van der Waals surface area contributed by atoms with Crippen molar-refractivity contribution in [3.63, 3.8) is 0 Å². The summed E-state index contributed by atoms with van der Waals surface area (Å²) in [5.74, 6) is 0.768. The molecule has 2 nitrogen and oxygen atoms in total. The quantitative estimate of drug-likeness (QED) is 0.499. The lowest BCUT2D eigenvalue weighted by Gasteiger charge is -2.00. The Bertz CT molecular complexity index is 311. The molecule has 0 aliphatic heterocycles. The summed E-state index contributed by atoms with van der Waals surface area (Å²) in [7, 11) is 0. The Labute approximate surface area is 66.9 Å². The van der Waals surface area contributed by atoms with Crippen molar-refractivity contribution in [1.29, 1.82) is 0 Å². The van der Waals surface area contributed by atoms with Gasteiger partial charge in [0.15, 0.2) is 0 Å². The molecule has 0 aliphatic rings. The smallest absolute Gasteiger partial charge is 0.246 e. The molecule has 0 heterocycles. The van der Waals surface area contributed by atoms with E-state index in [-0.39, 0.29) is 5.02 Å². The third-order valence-corrected chi connectivity index (χ3v) is 2.54. The van der Waals surface area contributed by atoms with E-state index in [2.05, 4.69) is 0 Å². The lowest BCUT2D eigenvalue weighted by atomic mass is 10.3. The minimum absolute atomic E-state index is 0.108. The molecule has 0 saturated carbocycles. The number of hydrogen-bond donors (Lipinski definition) is 0. The van der Waals surface area contributed by atoms with Crippen LogP contribution in [0.2, 0.25) is 5.02 Å². The monoisotopic (exact) mass is 176 g/mol. The lowest BCUT2D eigenvalue weighted by Crippen LogP contribution is -2.33. The van der Waals surface area contributed by atoms with Gasteiger partial charge in [0.05, 0.1) is 4.90 Å². The van der Waals surface area contributed by atoms with Gasteiger partial charge in [0.2, 0.25) is 10.9 Å². The van der Waals surface area contributed by atoms with E-state index in [0.717, 1.165) is 5.75 Å². The van der Waals surface area contributed by atoms with Crippen LogP contribution in [0, 0.1) is 0 Å². The molecule has 0 aromatic heterocycles. The van der Waals surface area contributed by atoms with Gasteiger partial charge in [-0.3, -0.25) is 9.59 Å². The van der Waals surface area contributed by atoms with Crippen LogP contribution >= 0.6 is 23.4 Å². The summed E-state index contributed by atoms with van der Waals surface area (Å²) in [6.07, 6.45) is 0. The number of rotatable bonds is 2. The molecule has 1 aromatic carbocycles. The highest BCUT2D eigenvalue weighted by atomic mass is 35.5. The van der Waals surface area contributed by atoms with Crippen LogP contribution in [-0.4, -0.2) is 5.75 Å². The van der Waals surface area contributed by atoms with E-state index in [1.807, 2.05) is 6.92 Å². The van der Waals surface area contributed by atoms with E-state index in [9.17, 15) is 9.59 Å². The fourth-order valence-corrected chi connectivity index (χ4v) is 1.68. The van der Waals surface area contributed by atoms with E-state index in [0.29, 0.717) is 4.90 Å². The van der Waals surface area contributed by atoms with E-state index in [4.69, 9.17) is 11.6 Å². The summed E-state index contributed by atoms with van der Waals surface area (Å²) in [6.45, 7) is 1.90. The summed E-state index contributed by atoms with van der Waals surface area (Å²) < 4.78 is 0. The first-order valence-corrected chi connectivity index (χ1v) is 4.16. The van der Waals surface area contributed by atoms with E-state index in [1.165, 1.54) is 11.8 Å². The molecule has 0 N–H and O–H groups in total. The number of hydrogen-bond acceptors (Lipinski definition) is 3. The van der Waals surface area contributed by atoms with Crippen molar-refractivity contribution in [2.75, 3.05) is 5.75 Å². The Morgan fingerprint density at radius 2 is 2.00 bits per heavy atom. The SMILES string of the molecule is CCSc1c(Cl)c(=O)c1=O. The second-order valence-electron chi connectivity index (χ2n) is 1.73. The maximum atomic E-state index is 10.6. The van der Waals surface area contributed by atoms with Gasteiger partial charge >= 0.3 is 0 Å². The lowest BCUT2D eigenvalue weighted by molar-refractivity contribution is 1.22. The third kappa shape index (κ3) is 0.995. The van der Waals surface area contributed by atoms with Crippen LogP contribution in [0.1, 0.15) is 6.92 Å². The van der Waals surface area contributed by atoms with Crippen LogP contribution in [0.4, 0.5) is 0 Å². The molecule has 0 unspecified atom stereocenters. The van der Waals surface area contributed by atoms with Crippen LogP contribution in [-0.2, 0) is 0 Å². The van der Waals surface area contributed by atoms with Gasteiger partial charge in [0.1, 0.15) is 5.02 Å². The second-order valence-corrected chi connectivity index (χ2v) is 3.39. The Balaban J connectivity index is 2.99. The predicted molar refractivity (Wildman–Crippen MR) is 42.8 cm³/mol. The molecule has 0 saturated heterocycles. The topological polar surface area (TPSA) is 34.1 Å². The summed E-state index contributed by atoms with van der Waals surface area (Å²) in [5, 5.41) is 0.108. The molecule has 0 bridgehead atoms. The van der Waals surface area contributed by atoms with E-state index in [1.54, 1.807) is 0 Å². The summed E-state index contributed by atoms with van der Waals surface area (Å²) >= 11 is 6.74. The highest BCUT2D eigenvalue weighted by Gasteiger charge is 2.17. The third-order valence-electron chi connectivity index (χ3n) is 1.10. The molecule has 0 fully saturated rings. The van der Waals surface area contributed by atoms with Gasteiger partial charge in [0, 0.05) is 0 Å². The molecule has 0 radical (unpaired) electrons. The summed E-state index contributed by atoms with van der Waals surface area (Å²) in [5.41, 5.74) is -0.977. The first kappa shape index (κ1) is 7.82. The summed E-state index contributed by atoms with van der Waals surface area (Å²) in [4.78, 5) is 21.6.